The number of hydrogen-bond donors (Lipinski definition) is 1. The van der Waals surface area contributed by atoms with Gasteiger partial charge in [-0.2, -0.15) is 0 Å². The molecule has 6 nitrogen and oxygen atoms in total. The minimum absolute atomic E-state index is 0.00530. The number of carbonyl (C=O) groups excluding carboxylic acids is 1. The van der Waals surface area contributed by atoms with Crippen molar-refractivity contribution in [3.63, 3.8) is 0 Å². The largest absolute Gasteiger partial charge is 0.497 e. The number of nitrogens with zero attached hydrogens (tertiary/aromatic N) is 1. The SMILES string of the molecule is COc1ccc(OC)c([C@@H]2CCCN2C(=O)NC[C@H]2CCOC2)c1. The highest BCUT2D eigenvalue weighted by Gasteiger charge is 2.32. The number of likely N-dealkylation sites (tertiary alicyclic amines) is 1. The van der Waals surface area contributed by atoms with Gasteiger partial charge in [-0.3, -0.25) is 0 Å². The van der Waals surface area contributed by atoms with Crippen LogP contribution in [0.1, 0.15) is 30.9 Å². The lowest BCUT2D eigenvalue weighted by atomic mass is 10.0. The minimum Gasteiger partial charge on any atom is -0.497 e. The Hall–Kier alpha value is -1.95. The van der Waals surface area contributed by atoms with E-state index in [-0.39, 0.29) is 12.1 Å². The lowest BCUT2D eigenvalue weighted by Gasteiger charge is -2.27. The third kappa shape index (κ3) is 3.59. The smallest absolute Gasteiger partial charge is 0.317 e. The maximum absolute atomic E-state index is 12.6. The summed E-state index contributed by atoms with van der Waals surface area (Å²) >= 11 is 0. The third-order valence-electron chi connectivity index (χ3n) is 4.88. The first-order chi connectivity index (χ1) is 11.7. The van der Waals surface area contributed by atoms with Crippen molar-refractivity contribution >= 4 is 6.03 Å². The van der Waals surface area contributed by atoms with Gasteiger partial charge < -0.3 is 24.4 Å². The van der Waals surface area contributed by atoms with Crippen molar-refractivity contribution in [1.29, 1.82) is 0 Å². The highest BCUT2D eigenvalue weighted by atomic mass is 16.5. The van der Waals surface area contributed by atoms with Crippen molar-refractivity contribution in [2.75, 3.05) is 40.5 Å². The second-order valence-corrected chi connectivity index (χ2v) is 6.37. The van der Waals surface area contributed by atoms with Crippen LogP contribution < -0.4 is 14.8 Å². The van der Waals surface area contributed by atoms with Crippen LogP contribution >= 0.6 is 0 Å². The van der Waals surface area contributed by atoms with Gasteiger partial charge in [-0.1, -0.05) is 0 Å². The molecule has 2 atom stereocenters. The molecule has 0 unspecified atom stereocenters. The molecule has 3 rings (SSSR count). The van der Waals surface area contributed by atoms with Crippen LogP contribution in [0, 0.1) is 5.92 Å². The van der Waals surface area contributed by atoms with Gasteiger partial charge in [0.15, 0.2) is 0 Å². The van der Waals surface area contributed by atoms with E-state index in [4.69, 9.17) is 14.2 Å². The van der Waals surface area contributed by atoms with E-state index in [9.17, 15) is 4.79 Å². The summed E-state index contributed by atoms with van der Waals surface area (Å²) in [5, 5.41) is 3.07. The molecule has 2 saturated heterocycles. The Morgan fingerprint density at radius 1 is 1.33 bits per heavy atom. The van der Waals surface area contributed by atoms with Crippen molar-refractivity contribution in [2.45, 2.75) is 25.3 Å². The number of urea groups is 1. The lowest BCUT2D eigenvalue weighted by Crippen LogP contribution is -2.41. The van der Waals surface area contributed by atoms with Gasteiger partial charge in [0.1, 0.15) is 11.5 Å². The Morgan fingerprint density at radius 3 is 2.92 bits per heavy atom. The van der Waals surface area contributed by atoms with E-state index >= 15 is 0 Å². The molecule has 0 bridgehead atoms. The average Bonchev–Trinajstić information content (AvgIpc) is 3.30. The monoisotopic (exact) mass is 334 g/mol. The van der Waals surface area contributed by atoms with Crippen LogP contribution in [-0.2, 0) is 4.74 Å². The fourth-order valence-corrected chi connectivity index (χ4v) is 3.51. The van der Waals surface area contributed by atoms with E-state index in [1.807, 2.05) is 23.1 Å². The molecule has 2 aliphatic rings. The molecule has 0 saturated carbocycles. The number of nitrogens with one attached hydrogen (secondary N) is 1. The summed E-state index contributed by atoms with van der Waals surface area (Å²) in [5.74, 6) is 2.01. The molecule has 132 valence electrons. The molecular weight excluding hydrogens is 308 g/mol. The van der Waals surface area contributed by atoms with Crippen LogP contribution in [0.15, 0.2) is 18.2 Å². The quantitative estimate of drug-likeness (QED) is 0.899. The fourth-order valence-electron chi connectivity index (χ4n) is 3.51. The Labute approximate surface area is 143 Å². The highest BCUT2D eigenvalue weighted by molar-refractivity contribution is 5.75. The molecular formula is C18H26N2O4. The van der Waals surface area contributed by atoms with Gasteiger partial charge in [0, 0.05) is 31.2 Å². The Kier molecular flexibility index (Phi) is 5.45. The molecule has 0 aromatic heterocycles. The standard InChI is InChI=1S/C18H26N2O4/c1-22-14-5-6-17(23-2)15(10-14)16-4-3-8-20(16)18(21)19-11-13-7-9-24-12-13/h5-6,10,13,16H,3-4,7-9,11-12H2,1-2H3,(H,19,21)/t13-,16+/m1/s1. The summed E-state index contributed by atoms with van der Waals surface area (Å²) in [7, 11) is 3.30. The van der Waals surface area contributed by atoms with Gasteiger partial charge in [-0.05, 0) is 37.5 Å². The van der Waals surface area contributed by atoms with Crippen LogP contribution in [0.25, 0.3) is 0 Å². The number of carbonyl (C=O) groups is 1. The molecule has 1 aromatic carbocycles. The minimum atomic E-state index is -0.00530. The molecule has 0 aliphatic carbocycles. The topological polar surface area (TPSA) is 60.0 Å². The Morgan fingerprint density at radius 2 is 2.21 bits per heavy atom. The summed E-state index contributed by atoms with van der Waals surface area (Å²) in [5.41, 5.74) is 1.01. The zero-order chi connectivity index (χ0) is 16.9. The number of rotatable bonds is 5. The normalized spacial score (nSPS) is 23.3. The van der Waals surface area contributed by atoms with Gasteiger partial charge in [0.2, 0.25) is 0 Å². The maximum Gasteiger partial charge on any atom is 0.317 e. The maximum atomic E-state index is 12.6. The second-order valence-electron chi connectivity index (χ2n) is 6.37. The number of ether oxygens (including phenoxy) is 3. The third-order valence-corrected chi connectivity index (χ3v) is 4.88. The molecule has 0 radical (unpaired) electrons. The molecule has 24 heavy (non-hydrogen) atoms. The van der Waals surface area contributed by atoms with Gasteiger partial charge >= 0.3 is 6.03 Å². The highest BCUT2D eigenvalue weighted by Crippen LogP contribution is 2.38. The van der Waals surface area contributed by atoms with E-state index in [0.29, 0.717) is 12.5 Å². The molecule has 6 heteroatoms. The van der Waals surface area contributed by atoms with Crippen LogP contribution in [-0.4, -0.2) is 51.5 Å². The van der Waals surface area contributed by atoms with Gasteiger partial charge in [0.05, 0.1) is 26.9 Å². The number of amides is 2. The van der Waals surface area contributed by atoms with Crippen LogP contribution in [0.2, 0.25) is 0 Å². The summed E-state index contributed by atoms with van der Waals surface area (Å²) in [6, 6.07) is 5.77. The Balaban J connectivity index is 1.71. The van der Waals surface area contributed by atoms with E-state index in [0.717, 1.165) is 56.1 Å². The summed E-state index contributed by atoms with van der Waals surface area (Å²) in [4.78, 5) is 14.6. The second kappa shape index (κ2) is 7.75. The summed E-state index contributed by atoms with van der Waals surface area (Å²) < 4.78 is 16.2. The lowest BCUT2D eigenvalue weighted by molar-refractivity contribution is 0.178. The van der Waals surface area contributed by atoms with Crippen molar-refractivity contribution in [3.8, 4) is 11.5 Å². The van der Waals surface area contributed by atoms with E-state index < -0.39 is 0 Å². The summed E-state index contributed by atoms with van der Waals surface area (Å²) in [6.45, 7) is 2.98. The number of benzene rings is 1. The van der Waals surface area contributed by atoms with Gasteiger partial charge in [-0.15, -0.1) is 0 Å². The van der Waals surface area contributed by atoms with Gasteiger partial charge in [0.25, 0.3) is 0 Å². The zero-order valence-corrected chi connectivity index (χ0v) is 14.4. The first-order valence-electron chi connectivity index (χ1n) is 8.57. The first-order valence-corrected chi connectivity index (χ1v) is 8.57. The van der Waals surface area contributed by atoms with Crippen LogP contribution in [0.4, 0.5) is 4.79 Å². The first kappa shape index (κ1) is 16.9. The van der Waals surface area contributed by atoms with Crippen molar-refractivity contribution in [1.82, 2.24) is 10.2 Å². The molecule has 1 N–H and O–H groups in total. The molecule has 0 spiro atoms. The predicted octanol–water partition coefficient (Wildman–Crippen LogP) is 2.59. The molecule has 2 heterocycles. The zero-order valence-electron chi connectivity index (χ0n) is 14.4. The fraction of sp³-hybridized carbons (Fsp3) is 0.611. The van der Waals surface area contributed by atoms with E-state index in [1.165, 1.54) is 0 Å². The molecule has 2 fully saturated rings. The van der Waals surface area contributed by atoms with Crippen molar-refractivity contribution < 1.29 is 19.0 Å². The Bertz CT molecular complexity index is 572. The summed E-state index contributed by atoms with van der Waals surface area (Å²) in [6.07, 6.45) is 2.95. The van der Waals surface area contributed by atoms with Crippen molar-refractivity contribution in [3.05, 3.63) is 23.8 Å². The predicted molar refractivity (Wildman–Crippen MR) is 90.6 cm³/mol. The number of hydrogen-bond acceptors (Lipinski definition) is 4. The molecule has 2 aliphatic heterocycles. The molecule has 2 amide bonds. The van der Waals surface area contributed by atoms with Gasteiger partial charge in [-0.25, -0.2) is 4.79 Å². The number of methoxy groups -OCH3 is 2. The van der Waals surface area contributed by atoms with Crippen molar-refractivity contribution in [2.24, 2.45) is 5.92 Å². The molecule has 1 aromatic rings. The average molecular weight is 334 g/mol. The van der Waals surface area contributed by atoms with E-state index in [1.54, 1.807) is 14.2 Å². The van der Waals surface area contributed by atoms with Crippen LogP contribution in [0.3, 0.4) is 0 Å². The van der Waals surface area contributed by atoms with Crippen LogP contribution in [0.5, 0.6) is 11.5 Å². The van der Waals surface area contributed by atoms with E-state index in [2.05, 4.69) is 5.32 Å².